The topological polar surface area (TPSA) is 64.6 Å². The van der Waals surface area contributed by atoms with E-state index in [1.165, 1.54) is 24.3 Å². The van der Waals surface area contributed by atoms with E-state index in [4.69, 9.17) is 4.74 Å². The highest BCUT2D eigenvalue weighted by Crippen LogP contribution is 2.19. The molecule has 2 aromatic carbocycles. The number of alkyl halides is 2. The molecular formula is C18H17F2NO4. The number of halogens is 2. The summed E-state index contributed by atoms with van der Waals surface area (Å²) in [6.45, 7) is 0.323. The molecule has 0 saturated heterocycles. The fourth-order valence-corrected chi connectivity index (χ4v) is 2.17. The number of benzene rings is 2. The van der Waals surface area contributed by atoms with E-state index in [1.807, 2.05) is 32.0 Å². The zero-order valence-corrected chi connectivity index (χ0v) is 13.7. The van der Waals surface area contributed by atoms with Crippen molar-refractivity contribution in [3.05, 3.63) is 59.2 Å². The van der Waals surface area contributed by atoms with Crippen LogP contribution in [0.5, 0.6) is 5.75 Å². The molecule has 2 aromatic rings. The fraction of sp³-hybridized carbons (Fsp3) is 0.222. The van der Waals surface area contributed by atoms with Gasteiger partial charge in [-0.1, -0.05) is 18.2 Å². The molecule has 0 saturated carbocycles. The highest BCUT2D eigenvalue weighted by atomic mass is 19.3. The molecule has 1 amide bonds. The van der Waals surface area contributed by atoms with E-state index in [1.54, 1.807) is 0 Å². The standard InChI is InChI=1S/C18H17F2NO4/c1-11-4-3-5-12(2)16(11)21-15(22)10-24-17(23)13-6-8-14(9-7-13)25-18(19)20/h3-9,18H,10H2,1-2H3,(H,21,22). The number of hydrogen-bond acceptors (Lipinski definition) is 4. The minimum Gasteiger partial charge on any atom is -0.452 e. The van der Waals surface area contributed by atoms with E-state index < -0.39 is 25.1 Å². The first kappa shape index (κ1) is 18.4. The fourth-order valence-electron chi connectivity index (χ4n) is 2.17. The second kappa shape index (κ2) is 8.23. The predicted octanol–water partition coefficient (Wildman–Crippen LogP) is 3.70. The normalized spacial score (nSPS) is 10.4. The Bertz CT molecular complexity index is 740. The van der Waals surface area contributed by atoms with Crippen molar-refractivity contribution in [3.63, 3.8) is 0 Å². The number of amides is 1. The molecule has 0 spiro atoms. The number of rotatable bonds is 6. The molecule has 0 heterocycles. The van der Waals surface area contributed by atoms with Gasteiger partial charge >= 0.3 is 12.6 Å². The largest absolute Gasteiger partial charge is 0.452 e. The van der Waals surface area contributed by atoms with Gasteiger partial charge in [-0.2, -0.15) is 8.78 Å². The molecule has 0 fully saturated rings. The Morgan fingerprint density at radius 1 is 1.04 bits per heavy atom. The van der Waals surface area contributed by atoms with Crippen molar-refractivity contribution in [1.29, 1.82) is 0 Å². The van der Waals surface area contributed by atoms with Gasteiger partial charge < -0.3 is 14.8 Å². The molecule has 0 atom stereocenters. The second-order valence-corrected chi connectivity index (χ2v) is 5.29. The number of para-hydroxylation sites is 1. The van der Waals surface area contributed by atoms with Gasteiger partial charge in [-0.15, -0.1) is 0 Å². The number of carbonyl (C=O) groups is 2. The van der Waals surface area contributed by atoms with Crippen molar-refractivity contribution in [1.82, 2.24) is 0 Å². The van der Waals surface area contributed by atoms with Crippen LogP contribution < -0.4 is 10.1 Å². The van der Waals surface area contributed by atoms with Crippen molar-refractivity contribution in [3.8, 4) is 5.75 Å². The van der Waals surface area contributed by atoms with Crippen LogP contribution in [-0.4, -0.2) is 25.1 Å². The molecule has 132 valence electrons. The van der Waals surface area contributed by atoms with Crippen molar-refractivity contribution in [2.24, 2.45) is 0 Å². The van der Waals surface area contributed by atoms with Gasteiger partial charge in [0.25, 0.3) is 5.91 Å². The third kappa shape index (κ3) is 5.27. The molecular weight excluding hydrogens is 332 g/mol. The van der Waals surface area contributed by atoms with E-state index in [2.05, 4.69) is 10.1 Å². The summed E-state index contributed by atoms with van der Waals surface area (Å²) >= 11 is 0. The molecule has 0 radical (unpaired) electrons. The van der Waals surface area contributed by atoms with Crippen LogP contribution in [-0.2, 0) is 9.53 Å². The second-order valence-electron chi connectivity index (χ2n) is 5.29. The zero-order chi connectivity index (χ0) is 18.4. The summed E-state index contributed by atoms with van der Waals surface area (Å²) in [7, 11) is 0. The smallest absolute Gasteiger partial charge is 0.387 e. The first-order valence-corrected chi connectivity index (χ1v) is 7.45. The summed E-state index contributed by atoms with van der Waals surface area (Å²) in [5.74, 6) is -1.28. The highest BCUT2D eigenvalue weighted by molar-refractivity contribution is 5.96. The molecule has 0 aliphatic heterocycles. The van der Waals surface area contributed by atoms with Crippen LogP contribution in [0.25, 0.3) is 0 Å². The molecule has 1 N–H and O–H groups in total. The Labute approximate surface area is 143 Å². The summed E-state index contributed by atoms with van der Waals surface area (Å²) in [5.41, 5.74) is 2.60. The van der Waals surface area contributed by atoms with Crippen LogP contribution in [0.2, 0.25) is 0 Å². The summed E-state index contributed by atoms with van der Waals surface area (Å²) in [5, 5.41) is 2.70. The van der Waals surface area contributed by atoms with E-state index in [0.29, 0.717) is 5.69 Å². The maximum atomic E-state index is 12.1. The number of esters is 1. The van der Waals surface area contributed by atoms with Gasteiger partial charge in [-0.05, 0) is 49.2 Å². The lowest BCUT2D eigenvalue weighted by atomic mass is 10.1. The Balaban J connectivity index is 1.90. The first-order chi connectivity index (χ1) is 11.9. The van der Waals surface area contributed by atoms with E-state index in [9.17, 15) is 18.4 Å². The zero-order valence-electron chi connectivity index (χ0n) is 13.7. The van der Waals surface area contributed by atoms with Gasteiger partial charge in [0.05, 0.1) is 5.56 Å². The Kier molecular flexibility index (Phi) is 6.05. The third-order valence-electron chi connectivity index (χ3n) is 3.40. The van der Waals surface area contributed by atoms with Crippen LogP contribution >= 0.6 is 0 Å². The maximum Gasteiger partial charge on any atom is 0.387 e. The van der Waals surface area contributed by atoms with E-state index in [-0.39, 0.29) is 11.3 Å². The van der Waals surface area contributed by atoms with Gasteiger partial charge in [0, 0.05) is 5.69 Å². The summed E-state index contributed by atoms with van der Waals surface area (Å²) in [4.78, 5) is 23.8. The van der Waals surface area contributed by atoms with Gasteiger partial charge in [-0.25, -0.2) is 4.79 Å². The summed E-state index contributed by atoms with van der Waals surface area (Å²) < 4.78 is 33.2. The molecule has 7 heteroatoms. The van der Waals surface area contributed by atoms with Crippen molar-refractivity contribution in [2.75, 3.05) is 11.9 Å². The van der Waals surface area contributed by atoms with E-state index >= 15 is 0 Å². The van der Waals surface area contributed by atoms with Crippen LogP contribution in [0.3, 0.4) is 0 Å². The van der Waals surface area contributed by atoms with Crippen LogP contribution in [0.15, 0.2) is 42.5 Å². The third-order valence-corrected chi connectivity index (χ3v) is 3.40. The predicted molar refractivity (Wildman–Crippen MR) is 87.9 cm³/mol. The van der Waals surface area contributed by atoms with Crippen molar-refractivity contribution >= 4 is 17.6 Å². The monoisotopic (exact) mass is 349 g/mol. The number of anilines is 1. The molecule has 25 heavy (non-hydrogen) atoms. The molecule has 0 aromatic heterocycles. The Morgan fingerprint density at radius 3 is 2.20 bits per heavy atom. The molecule has 0 bridgehead atoms. The lowest BCUT2D eigenvalue weighted by Gasteiger charge is -2.11. The summed E-state index contributed by atoms with van der Waals surface area (Å²) in [6, 6.07) is 10.6. The maximum absolute atomic E-state index is 12.1. The van der Waals surface area contributed by atoms with Crippen LogP contribution in [0.1, 0.15) is 21.5 Å². The van der Waals surface area contributed by atoms with Gasteiger partial charge in [0.1, 0.15) is 5.75 Å². The molecule has 0 aliphatic rings. The minimum atomic E-state index is -2.94. The quantitative estimate of drug-likeness (QED) is 0.808. The van der Waals surface area contributed by atoms with Gasteiger partial charge in [0.15, 0.2) is 6.61 Å². The van der Waals surface area contributed by atoms with Crippen molar-refractivity contribution < 1.29 is 27.8 Å². The van der Waals surface area contributed by atoms with Crippen molar-refractivity contribution in [2.45, 2.75) is 20.5 Å². The number of ether oxygens (including phenoxy) is 2. The lowest BCUT2D eigenvalue weighted by Crippen LogP contribution is -2.21. The average molecular weight is 349 g/mol. The Morgan fingerprint density at radius 2 is 1.64 bits per heavy atom. The first-order valence-electron chi connectivity index (χ1n) is 7.45. The number of carbonyl (C=O) groups excluding carboxylic acids is 2. The summed E-state index contributed by atoms with van der Waals surface area (Å²) in [6.07, 6.45) is 0. The number of hydrogen-bond donors (Lipinski definition) is 1. The number of aryl methyl sites for hydroxylation is 2. The lowest BCUT2D eigenvalue weighted by molar-refractivity contribution is -0.119. The Hall–Kier alpha value is -2.96. The minimum absolute atomic E-state index is 0.0701. The molecule has 0 unspecified atom stereocenters. The molecule has 2 rings (SSSR count). The average Bonchev–Trinajstić information content (AvgIpc) is 2.56. The van der Waals surface area contributed by atoms with E-state index in [0.717, 1.165) is 11.1 Å². The number of nitrogens with one attached hydrogen (secondary N) is 1. The van der Waals surface area contributed by atoms with Gasteiger partial charge in [-0.3, -0.25) is 4.79 Å². The van der Waals surface area contributed by atoms with Crippen LogP contribution in [0, 0.1) is 13.8 Å². The molecule has 0 aliphatic carbocycles. The van der Waals surface area contributed by atoms with Gasteiger partial charge in [0.2, 0.25) is 0 Å². The SMILES string of the molecule is Cc1cccc(C)c1NC(=O)COC(=O)c1ccc(OC(F)F)cc1. The van der Waals surface area contributed by atoms with Crippen LogP contribution in [0.4, 0.5) is 14.5 Å². The highest BCUT2D eigenvalue weighted by Gasteiger charge is 2.13. The molecule has 5 nitrogen and oxygen atoms in total.